The first-order chi connectivity index (χ1) is 15.0. The van der Waals surface area contributed by atoms with Crippen LogP contribution in [0.15, 0.2) is 24.5 Å². The van der Waals surface area contributed by atoms with Gasteiger partial charge >= 0.3 is 6.18 Å². The molecule has 2 amide bonds. The molecule has 2 aromatic heterocycles. The van der Waals surface area contributed by atoms with Gasteiger partial charge in [-0.15, -0.1) is 0 Å². The number of aliphatic hydroxyl groups is 1. The van der Waals surface area contributed by atoms with Crippen molar-refractivity contribution in [3.8, 4) is 5.88 Å². The van der Waals surface area contributed by atoms with Crippen LogP contribution in [0.4, 0.5) is 13.2 Å². The lowest BCUT2D eigenvalue weighted by molar-refractivity contribution is -0.154. The van der Waals surface area contributed by atoms with Crippen LogP contribution in [0.1, 0.15) is 51.9 Å². The molecular weight excluding hydrogens is 453 g/mol. The highest BCUT2D eigenvalue weighted by Crippen LogP contribution is 2.34. The fourth-order valence-electron chi connectivity index (χ4n) is 3.19. The maximum absolute atomic E-state index is 12.9. The normalized spacial score (nSPS) is 15.3. The first-order valence-corrected chi connectivity index (χ1v) is 9.96. The summed E-state index contributed by atoms with van der Waals surface area (Å²) in [6, 6.07) is 2.34. The van der Waals surface area contributed by atoms with Gasteiger partial charge in [0.1, 0.15) is 10.7 Å². The summed E-state index contributed by atoms with van der Waals surface area (Å²) in [4.78, 5) is 34.8. The van der Waals surface area contributed by atoms with Gasteiger partial charge in [-0.2, -0.15) is 13.2 Å². The molecule has 0 spiro atoms. The summed E-state index contributed by atoms with van der Waals surface area (Å²) in [6.07, 6.45) is -2.63. The third-order valence-electron chi connectivity index (χ3n) is 4.80. The van der Waals surface area contributed by atoms with Gasteiger partial charge in [-0.05, 0) is 31.5 Å². The van der Waals surface area contributed by atoms with Crippen LogP contribution in [0.5, 0.6) is 5.88 Å². The third kappa shape index (κ3) is 5.28. The van der Waals surface area contributed by atoms with Gasteiger partial charge in [0.25, 0.3) is 11.8 Å². The molecule has 0 saturated heterocycles. The van der Waals surface area contributed by atoms with Crippen molar-refractivity contribution in [2.45, 2.75) is 38.7 Å². The molecule has 32 heavy (non-hydrogen) atoms. The minimum atomic E-state index is -4.53. The van der Waals surface area contributed by atoms with Gasteiger partial charge in [-0.25, -0.2) is 4.98 Å². The highest BCUT2D eigenvalue weighted by molar-refractivity contribution is 6.31. The van der Waals surface area contributed by atoms with E-state index in [0.717, 1.165) is 0 Å². The molecule has 2 atom stereocenters. The number of nitrogens with zero attached hydrogens (tertiary/aromatic N) is 3. The average molecular weight is 473 g/mol. The van der Waals surface area contributed by atoms with E-state index in [2.05, 4.69) is 20.0 Å². The number of alkyl halides is 3. The number of nitrogens with one attached hydrogen (secondary N) is 1. The molecule has 1 aliphatic heterocycles. The fourth-order valence-corrected chi connectivity index (χ4v) is 3.42. The molecule has 0 radical (unpaired) electrons. The van der Waals surface area contributed by atoms with Gasteiger partial charge in [0.15, 0.2) is 6.61 Å². The maximum atomic E-state index is 12.9. The number of rotatable bonds is 7. The van der Waals surface area contributed by atoms with Crippen LogP contribution < -0.4 is 10.1 Å². The van der Waals surface area contributed by atoms with Crippen molar-refractivity contribution in [2.75, 3.05) is 13.2 Å². The highest BCUT2D eigenvalue weighted by Gasteiger charge is 2.35. The SMILES string of the molecule is CC(O)CNC(=O)c1nccc2c1CN(C(C)c1cnc(OCC(F)(F)F)c(Cl)c1)C2=O. The van der Waals surface area contributed by atoms with Crippen molar-refractivity contribution in [2.24, 2.45) is 0 Å². The maximum Gasteiger partial charge on any atom is 0.422 e. The molecule has 0 bridgehead atoms. The van der Waals surface area contributed by atoms with E-state index < -0.39 is 30.8 Å². The molecule has 1 aliphatic rings. The summed E-state index contributed by atoms with van der Waals surface area (Å²) < 4.78 is 41.6. The quantitative estimate of drug-likeness (QED) is 0.642. The Hall–Kier alpha value is -2.92. The second-order valence-electron chi connectivity index (χ2n) is 7.31. The largest absolute Gasteiger partial charge is 0.467 e. The Morgan fingerprint density at radius 3 is 2.72 bits per heavy atom. The lowest BCUT2D eigenvalue weighted by Gasteiger charge is -2.25. The summed E-state index contributed by atoms with van der Waals surface area (Å²) >= 11 is 6.02. The van der Waals surface area contributed by atoms with Gasteiger partial charge in [-0.3, -0.25) is 14.6 Å². The summed E-state index contributed by atoms with van der Waals surface area (Å²) in [5.41, 5.74) is 1.32. The summed E-state index contributed by atoms with van der Waals surface area (Å²) in [7, 11) is 0. The smallest absolute Gasteiger partial charge is 0.422 e. The van der Waals surface area contributed by atoms with Crippen LogP contribution in [-0.4, -0.2) is 57.2 Å². The second-order valence-corrected chi connectivity index (χ2v) is 7.72. The van der Waals surface area contributed by atoms with Crippen LogP contribution in [0.2, 0.25) is 5.02 Å². The number of halogens is 4. The number of hydrogen-bond acceptors (Lipinski definition) is 6. The molecule has 0 saturated carbocycles. The summed E-state index contributed by atoms with van der Waals surface area (Å²) in [6.45, 7) is 1.82. The van der Waals surface area contributed by atoms with Crippen LogP contribution >= 0.6 is 11.6 Å². The standard InChI is InChI=1S/C20H20ClF3N4O4/c1-10(29)6-26-17(30)16-14-8-28(19(31)13(14)3-4-25-16)11(2)12-5-15(21)18(27-7-12)32-9-20(22,23)24/h3-5,7,10-11,29H,6,8-9H2,1-2H3,(H,26,30). The molecular formula is C20H20ClF3N4O4. The van der Waals surface area contributed by atoms with E-state index in [9.17, 15) is 27.9 Å². The molecule has 0 aromatic carbocycles. The van der Waals surface area contributed by atoms with Crippen molar-refractivity contribution in [1.29, 1.82) is 0 Å². The first kappa shape index (κ1) is 23.7. The molecule has 3 rings (SSSR count). The lowest BCUT2D eigenvalue weighted by atomic mass is 10.1. The Labute approximate surface area is 186 Å². The van der Waals surface area contributed by atoms with Crippen LogP contribution in [0, 0.1) is 0 Å². The van der Waals surface area contributed by atoms with E-state index in [1.54, 1.807) is 6.92 Å². The zero-order valence-electron chi connectivity index (χ0n) is 17.1. The summed E-state index contributed by atoms with van der Waals surface area (Å²) in [5, 5.41) is 11.8. The van der Waals surface area contributed by atoms with Crippen LogP contribution in [0.25, 0.3) is 0 Å². The number of hydrogen-bond donors (Lipinski definition) is 2. The number of ether oxygens (including phenoxy) is 1. The number of fused-ring (bicyclic) bond motifs is 1. The molecule has 0 aliphatic carbocycles. The van der Waals surface area contributed by atoms with Gasteiger partial charge in [-0.1, -0.05) is 11.6 Å². The van der Waals surface area contributed by atoms with E-state index >= 15 is 0 Å². The molecule has 8 nitrogen and oxygen atoms in total. The van der Waals surface area contributed by atoms with Crippen molar-refractivity contribution in [3.05, 3.63) is 51.9 Å². The Kier molecular flexibility index (Phi) is 6.89. The van der Waals surface area contributed by atoms with Gasteiger partial charge in [0.05, 0.1) is 12.1 Å². The molecule has 2 N–H and O–H groups in total. The number of aliphatic hydroxyl groups excluding tert-OH is 1. The van der Waals surface area contributed by atoms with Crippen molar-refractivity contribution >= 4 is 23.4 Å². The van der Waals surface area contributed by atoms with Crippen LogP contribution in [0.3, 0.4) is 0 Å². The number of carbonyl (C=O) groups excluding carboxylic acids is 2. The zero-order valence-corrected chi connectivity index (χ0v) is 17.9. The zero-order chi connectivity index (χ0) is 23.6. The van der Waals surface area contributed by atoms with Crippen molar-refractivity contribution in [3.63, 3.8) is 0 Å². The highest BCUT2D eigenvalue weighted by atomic mass is 35.5. The predicted molar refractivity (Wildman–Crippen MR) is 107 cm³/mol. The Morgan fingerprint density at radius 1 is 1.38 bits per heavy atom. The predicted octanol–water partition coefficient (Wildman–Crippen LogP) is 2.90. The molecule has 3 heterocycles. The fraction of sp³-hybridized carbons (Fsp3) is 0.400. The van der Waals surface area contributed by atoms with Crippen molar-refractivity contribution < 1.29 is 32.6 Å². The van der Waals surface area contributed by atoms with Gasteiger partial charge in [0.2, 0.25) is 5.88 Å². The van der Waals surface area contributed by atoms with Gasteiger partial charge in [0, 0.05) is 36.6 Å². The van der Waals surface area contributed by atoms with E-state index in [-0.39, 0.29) is 35.6 Å². The topological polar surface area (TPSA) is 105 Å². The molecule has 2 unspecified atom stereocenters. The average Bonchev–Trinajstić information content (AvgIpc) is 3.06. The van der Waals surface area contributed by atoms with E-state index in [4.69, 9.17) is 11.6 Å². The van der Waals surface area contributed by atoms with Crippen molar-refractivity contribution in [1.82, 2.24) is 20.2 Å². The Morgan fingerprint density at radius 2 is 2.09 bits per heavy atom. The number of amides is 2. The molecule has 12 heteroatoms. The monoisotopic (exact) mass is 472 g/mol. The number of aromatic nitrogens is 2. The molecule has 172 valence electrons. The van der Waals surface area contributed by atoms with E-state index in [1.165, 1.54) is 36.4 Å². The minimum Gasteiger partial charge on any atom is -0.467 e. The first-order valence-electron chi connectivity index (χ1n) is 9.58. The lowest BCUT2D eigenvalue weighted by Crippen LogP contribution is -2.32. The Bertz CT molecular complexity index is 1030. The third-order valence-corrected chi connectivity index (χ3v) is 5.07. The second kappa shape index (κ2) is 9.29. The minimum absolute atomic E-state index is 0.0329. The molecule has 0 fully saturated rings. The Balaban J connectivity index is 1.79. The number of carbonyl (C=O) groups is 2. The van der Waals surface area contributed by atoms with E-state index in [1.807, 2.05) is 0 Å². The van der Waals surface area contributed by atoms with E-state index in [0.29, 0.717) is 16.7 Å². The van der Waals surface area contributed by atoms with Crippen LogP contribution in [-0.2, 0) is 6.54 Å². The number of pyridine rings is 2. The van der Waals surface area contributed by atoms with Gasteiger partial charge < -0.3 is 20.1 Å². The summed E-state index contributed by atoms with van der Waals surface area (Å²) in [5.74, 6) is -1.22. The molecule has 2 aromatic rings.